The molecule has 0 fully saturated rings. The Bertz CT molecular complexity index is 609. The van der Waals surface area contributed by atoms with Gasteiger partial charge in [0.2, 0.25) is 0 Å². The van der Waals surface area contributed by atoms with Crippen molar-refractivity contribution in [2.24, 2.45) is 0 Å². The molecule has 1 aromatic rings. The highest BCUT2D eigenvalue weighted by atomic mass is 35.5. The van der Waals surface area contributed by atoms with Crippen molar-refractivity contribution in [3.05, 3.63) is 34.9 Å². The first-order valence-electron chi connectivity index (χ1n) is 5.11. The molecule has 0 aliphatic heterocycles. The van der Waals surface area contributed by atoms with Crippen LogP contribution in [0.5, 0.6) is 0 Å². The lowest BCUT2D eigenvalue weighted by atomic mass is 10.2. The predicted molar refractivity (Wildman–Crippen MR) is 68.8 cm³/mol. The van der Waals surface area contributed by atoms with Gasteiger partial charge in [0, 0.05) is 5.02 Å². The molecule has 1 aromatic carbocycles. The molecule has 0 aliphatic rings. The monoisotopic (exact) mass is 302 g/mol. The lowest BCUT2D eigenvalue weighted by Crippen LogP contribution is -2.37. The summed E-state index contributed by atoms with van der Waals surface area (Å²) < 4.78 is 28.5. The van der Waals surface area contributed by atoms with Crippen LogP contribution in [-0.4, -0.2) is 31.7 Å². The molecule has 8 heteroatoms. The number of ether oxygens (including phenoxy) is 1. The number of sulfonamides is 1. The second-order valence-electron chi connectivity index (χ2n) is 3.48. The van der Waals surface area contributed by atoms with Crippen molar-refractivity contribution in [1.29, 1.82) is 5.26 Å². The van der Waals surface area contributed by atoms with Gasteiger partial charge in [0.1, 0.15) is 0 Å². The summed E-state index contributed by atoms with van der Waals surface area (Å²) in [7, 11) is -3.00. The fraction of sp³-hybridized carbons (Fsp3) is 0.273. The molecule has 0 unspecified atom stereocenters. The van der Waals surface area contributed by atoms with Crippen LogP contribution in [0.15, 0.2) is 24.3 Å². The molecule has 0 heterocycles. The number of nitriles is 1. The number of rotatable bonds is 4. The van der Waals surface area contributed by atoms with E-state index >= 15 is 0 Å². The van der Waals surface area contributed by atoms with E-state index in [-0.39, 0.29) is 6.54 Å². The molecule has 1 rings (SSSR count). The lowest BCUT2D eigenvalue weighted by Gasteiger charge is -2.20. The number of hydrogen-bond acceptors (Lipinski definition) is 5. The van der Waals surface area contributed by atoms with Crippen LogP contribution >= 0.6 is 11.6 Å². The highest BCUT2D eigenvalue weighted by molar-refractivity contribution is 7.89. The molecule has 1 amide bonds. The van der Waals surface area contributed by atoms with Crippen LogP contribution in [-0.2, 0) is 21.3 Å². The van der Waals surface area contributed by atoms with Crippen LogP contribution in [0.25, 0.3) is 0 Å². The number of nitrogens with zero attached hydrogens (tertiary/aromatic N) is 2. The number of carbonyl (C=O) groups excluding carboxylic acids is 1. The minimum Gasteiger partial charge on any atom is -0.452 e. The van der Waals surface area contributed by atoms with Crippen molar-refractivity contribution in [3.8, 4) is 6.07 Å². The van der Waals surface area contributed by atoms with Gasteiger partial charge in [-0.3, -0.25) is 0 Å². The third kappa shape index (κ3) is 3.84. The number of benzene rings is 1. The fourth-order valence-electron chi connectivity index (χ4n) is 1.32. The summed E-state index contributed by atoms with van der Waals surface area (Å²) in [6.07, 6.45) is -1.06. The highest BCUT2D eigenvalue weighted by Crippen LogP contribution is 2.19. The van der Waals surface area contributed by atoms with E-state index in [0.29, 0.717) is 14.9 Å². The summed E-state index contributed by atoms with van der Waals surface area (Å²) >= 11 is 5.90. The molecule has 0 saturated heterocycles. The first-order chi connectivity index (χ1) is 8.92. The normalized spacial score (nSPS) is 10.6. The molecule has 0 aliphatic carbocycles. The maximum Gasteiger partial charge on any atom is 0.423 e. The standard InChI is InChI=1S/C11H11ClN2O4S/c1-18-11(15)14(19(16,17)7-6-13)8-9-4-2-3-5-10(9)12/h2-5H,7-8H2,1H3. The van der Waals surface area contributed by atoms with Gasteiger partial charge in [-0.2, -0.15) is 9.57 Å². The van der Waals surface area contributed by atoms with Crippen LogP contribution in [0.2, 0.25) is 5.02 Å². The van der Waals surface area contributed by atoms with Gasteiger partial charge in [-0.15, -0.1) is 0 Å². The molecule has 0 atom stereocenters. The Hall–Kier alpha value is -1.78. The summed E-state index contributed by atoms with van der Waals surface area (Å²) in [5, 5.41) is 8.81. The number of hydrogen-bond donors (Lipinski definition) is 0. The number of halogens is 1. The molecular weight excluding hydrogens is 292 g/mol. The SMILES string of the molecule is COC(=O)N(Cc1ccccc1Cl)S(=O)(=O)CC#N. The molecule has 102 valence electrons. The summed E-state index contributed by atoms with van der Waals surface area (Å²) in [5.41, 5.74) is 0.441. The molecule has 19 heavy (non-hydrogen) atoms. The van der Waals surface area contributed by atoms with E-state index in [2.05, 4.69) is 4.74 Å². The van der Waals surface area contributed by atoms with E-state index in [4.69, 9.17) is 16.9 Å². The van der Waals surface area contributed by atoms with Gasteiger partial charge in [-0.25, -0.2) is 13.2 Å². The van der Waals surface area contributed by atoms with Crippen LogP contribution in [0.1, 0.15) is 5.56 Å². The molecule has 6 nitrogen and oxygen atoms in total. The smallest absolute Gasteiger partial charge is 0.423 e. The number of carbonyl (C=O) groups is 1. The summed E-state index contributed by atoms with van der Waals surface area (Å²) in [6.45, 7) is -0.281. The van der Waals surface area contributed by atoms with Gasteiger partial charge in [-0.1, -0.05) is 29.8 Å². The molecule has 0 saturated carbocycles. The zero-order valence-electron chi connectivity index (χ0n) is 10.0. The predicted octanol–water partition coefficient (Wildman–Crippen LogP) is 1.76. The Kier molecular flexibility index (Phi) is 5.15. The maximum absolute atomic E-state index is 11.8. The van der Waals surface area contributed by atoms with Crippen molar-refractivity contribution in [2.45, 2.75) is 6.54 Å². The molecule has 0 N–H and O–H groups in total. The van der Waals surface area contributed by atoms with Gasteiger partial charge in [0.25, 0.3) is 10.0 Å². The van der Waals surface area contributed by atoms with Crippen molar-refractivity contribution in [2.75, 3.05) is 12.9 Å². The van der Waals surface area contributed by atoms with Crippen molar-refractivity contribution < 1.29 is 17.9 Å². The molecular formula is C11H11ClN2O4S. The summed E-state index contributed by atoms with van der Waals surface area (Å²) in [6, 6.07) is 7.99. The first-order valence-corrected chi connectivity index (χ1v) is 7.10. The van der Waals surface area contributed by atoms with E-state index < -0.39 is 21.9 Å². The Morgan fingerprint density at radius 1 is 1.47 bits per heavy atom. The molecule has 0 aromatic heterocycles. The zero-order chi connectivity index (χ0) is 14.5. The van der Waals surface area contributed by atoms with Crippen LogP contribution in [0.4, 0.5) is 4.79 Å². The highest BCUT2D eigenvalue weighted by Gasteiger charge is 2.28. The minimum absolute atomic E-state index is 0.281. The van der Waals surface area contributed by atoms with E-state index in [1.807, 2.05) is 0 Å². The topological polar surface area (TPSA) is 87.5 Å². The number of amides is 1. The van der Waals surface area contributed by atoms with E-state index in [9.17, 15) is 13.2 Å². The Morgan fingerprint density at radius 3 is 2.63 bits per heavy atom. The minimum atomic E-state index is -4.06. The molecule has 0 bridgehead atoms. The summed E-state index contributed by atoms with van der Waals surface area (Å²) in [4.78, 5) is 11.5. The summed E-state index contributed by atoms with van der Waals surface area (Å²) in [5.74, 6) is -0.813. The van der Waals surface area contributed by atoms with Gasteiger partial charge in [0.15, 0.2) is 5.75 Å². The van der Waals surface area contributed by atoms with Gasteiger partial charge in [0.05, 0.1) is 19.7 Å². The average molecular weight is 303 g/mol. The fourth-order valence-corrected chi connectivity index (χ4v) is 2.47. The Balaban J connectivity index is 3.11. The van der Waals surface area contributed by atoms with Crippen molar-refractivity contribution >= 4 is 27.7 Å². The van der Waals surface area contributed by atoms with E-state index in [1.165, 1.54) is 6.07 Å². The second-order valence-corrected chi connectivity index (χ2v) is 5.78. The van der Waals surface area contributed by atoms with Crippen LogP contribution in [0, 0.1) is 11.3 Å². The van der Waals surface area contributed by atoms with Gasteiger partial charge in [-0.05, 0) is 11.6 Å². The quantitative estimate of drug-likeness (QED) is 0.845. The molecule has 0 spiro atoms. The molecule has 0 radical (unpaired) electrons. The largest absolute Gasteiger partial charge is 0.452 e. The third-order valence-electron chi connectivity index (χ3n) is 2.23. The second kappa shape index (κ2) is 6.41. The third-order valence-corrected chi connectivity index (χ3v) is 4.05. The Labute approximate surface area is 116 Å². The zero-order valence-corrected chi connectivity index (χ0v) is 11.6. The van der Waals surface area contributed by atoms with Gasteiger partial charge >= 0.3 is 6.09 Å². The first kappa shape index (κ1) is 15.3. The number of methoxy groups -OCH3 is 1. The van der Waals surface area contributed by atoms with Crippen LogP contribution in [0.3, 0.4) is 0 Å². The lowest BCUT2D eigenvalue weighted by molar-refractivity contribution is 0.147. The Morgan fingerprint density at radius 2 is 2.11 bits per heavy atom. The van der Waals surface area contributed by atoms with Crippen molar-refractivity contribution in [1.82, 2.24) is 4.31 Å². The van der Waals surface area contributed by atoms with E-state index in [0.717, 1.165) is 7.11 Å². The van der Waals surface area contributed by atoms with Gasteiger partial charge < -0.3 is 4.74 Å². The van der Waals surface area contributed by atoms with E-state index in [1.54, 1.807) is 24.3 Å². The maximum atomic E-state index is 11.8. The average Bonchev–Trinajstić information content (AvgIpc) is 2.36. The van der Waals surface area contributed by atoms with Crippen LogP contribution < -0.4 is 0 Å². The van der Waals surface area contributed by atoms with Crippen molar-refractivity contribution in [3.63, 3.8) is 0 Å².